The van der Waals surface area contributed by atoms with Crippen LogP contribution >= 0.6 is 0 Å². The number of carbonyl (C=O) groups excluding carboxylic acids is 1. The van der Waals surface area contributed by atoms with Crippen molar-refractivity contribution in [1.29, 1.82) is 0 Å². The van der Waals surface area contributed by atoms with Crippen LogP contribution in [0.15, 0.2) is 36.4 Å². The molecule has 8 heteroatoms. The number of amides is 1. The smallest absolute Gasteiger partial charge is 0.272 e. The Balaban J connectivity index is 1.93. The Kier molecular flexibility index (Phi) is 12.7. The van der Waals surface area contributed by atoms with Gasteiger partial charge in [0.05, 0.1) is 7.11 Å². The van der Waals surface area contributed by atoms with E-state index in [1.807, 2.05) is 41.3 Å². The van der Waals surface area contributed by atoms with E-state index in [0.717, 1.165) is 106 Å². The van der Waals surface area contributed by atoms with E-state index in [0.29, 0.717) is 11.7 Å². The van der Waals surface area contributed by atoms with Crippen molar-refractivity contribution in [2.45, 2.75) is 92.2 Å². The van der Waals surface area contributed by atoms with Gasteiger partial charge >= 0.3 is 0 Å². The number of rotatable bonds is 18. The van der Waals surface area contributed by atoms with Crippen LogP contribution in [-0.4, -0.2) is 69.6 Å². The molecule has 3 rings (SSSR count). The molecule has 0 saturated carbocycles. The van der Waals surface area contributed by atoms with Crippen LogP contribution < -0.4 is 10.1 Å². The monoisotopic (exact) mass is 550 g/mol. The fourth-order valence-electron chi connectivity index (χ4n) is 4.94. The SMILES string of the molecule is CCCCN(CCCC)C(=O)c1ccc2nc(Nc3ccc(OC)cc3)n(CCCN(CCC)C(C)CC)c2n1. The van der Waals surface area contributed by atoms with Crippen LogP contribution in [0.4, 0.5) is 11.6 Å². The van der Waals surface area contributed by atoms with Crippen molar-refractivity contribution in [2.24, 2.45) is 0 Å². The average Bonchev–Trinajstić information content (AvgIpc) is 3.32. The van der Waals surface area contributed by atoms with E-state index in [9.17, 15) is 4.79 Å². The number of nitrogens with one attached hydrogen (secondary N) is 1. The Morgan fingerprint density at radius 2 is 1.60 bits per heavy atom. The highest BCUT2D eigenvalue weighted by Gasteiger charge is 2.20. The topological polar surface area (TPSA) is 75.5 Å². The van der Waals surface area contributed by atoms with Gasteiger partial charge in [0.2, 0.25) is 5.95 Å². The predicted octanol–water partition coefficient (Wildman–Crippen LogP) is 7.13. The van der Waals surface area contributed by atoms with Crippen LogP contribution in [-0.2, 0) is 6.54 Å². The van der Waals surface area contributed by atoms with Crippen LogP contribution in [0.3, 0.4) is 0 Å². The molecule has 0 aliphatic heterocycles. The number of hydrogen-bond acceptors (Lipinski definition) is 6. The van der Waals surface area contributed by atoms with Gasteiger partial charge in [-0.25, -0.2) is 9.97 Å². The van der Waals surface area contributed by atoms with Gasteiger partial charge < -0.3 is 19.9 Å². The van der Waals surface area contributed by atoms with Gasteiger partial charge in [0.25, 0.3) is 5.91 Å². The highest BCUT2D eigenvalue weighted by atomic mass is 16.5. The quantitative estimate of drug-likeness (QED) is 0.182. The Bertz CT molecular complexity index is 1170. The second-order valence-corrected chi connectivity index (χ2v) is 10.6. The van der Waals surface area contributed by atoms with Gasteiger partial charge in [0.1, 0.15) is 17.0 Å². The van der Waals surface area contributed by atoms with Crippen molar-refractivity contribution in [3.63, 3.8) is 0 Å². The first-order valence-electron chi connectivity index (χ1n) is 15.3. The van der Waals surface area contributed by atoms with Crippen molar-refractivity contribution >= 4 is 28.7 Å². The van der Waals surface area contributed by atoms with E-state index < -0.39 is 0 Å². The molecule has 3 aromatic rings. The summed E-state index contributed by atoms with van der Waals surface area (Å²) >= 11 is 0. The van der Waals surface area contributed by atoms with Gasteiger partial charge in [0, 0.05) is 37.9 Å². The summed E-state index contributed by atoms with van der Waals surface area (Å²) in [7, 11) is 1.67. The number of methoxy groups -OCH3 is 1. The Morgan fingerprint density at radius 1 is 0.900 bits per heavy atom. The third kappa shape index (κ3) is 8.43. The number of fused-ring (bicyclic) bond motifs is 1. The Hall–Kier alpha value is -3.13. The molecule has 0 aliphatic rings. The van der Waals surface area contributed by atoms with Crippen molar-refractivity contribution in [3.8, 4) is 5.75 Å². The van der Waals surface area contributed by atoms with E-state index in [4.69, 9.17) is 14.7 Å². The summed E-state index contributed by atoms with van der Waals surface area (Å²) in [6.07, 6.45) is 7.35. The molecule has 1 atom stereocenters. The lowest BCUT2D eigenvalue weighted by Crippen LogP contribution is -2.34. The van der Waals surface area contributed by atoms with Crippen molar-refractivity contribution in [1.82, 2.24) is 24.3 Å². The summed E-state index contributed by atoms with van der Waals surface area (Å²) in [6, 6.07) is 12.1. The zero-order chi connectivity index (χ0) is 28.9. The Labute approximate surface area is 241 Å². The number of imidazole rings is 1. The second-order valence-electron chi connectivity index (χ2n) is 10.6. The first-order chi connectivity index (χ1) is 19.4. The van der Waals surface area contributed by atoms with Gasteiger partial charge in [-0.2, -0.15) is 0 Å². The maximum Gasteiger partial charge on any atom is 0.272 e. The fraction of sp³-hybridized carbons (Fsp3) is 0.594. The molecule has 2 aromatic heterocycles. The standard InChI is InChI=1S/C32H50N6O2/c1-7-11-21-37(22-12-8-2)31(39)29-19-18-28-30(34-29)38(24-13-23-36(20-9-3)25(5)10-4)32(35-28)33-26-14-16-27(40-6)17-15-26/h14-19,25H,7-13,20-24H2,1-6H3,(H,33,35). The molecule has 0 saturated heterocycles. The lowest BCUT2D eigenvalue weighted by Gasteiger charge is -2.28. The average molecular weight is 551 g/mol. The largest absolute Gasteiger partial charge is 0.497 e. The number of hydrogen-bond donors (Lipinski definition) is 1. The molecule has 1 aromatic carbocycles. The first-order valence-corrected chi connectivity index (χ1v) is 15.3. The van der Waals surface area contributed by atoms with Crippen LogP contribution in [0.1, 0.15) is 90.1 Å². The summed E-state index contributed by atoms with van der Waals surface area (Å²) in [5.41, 5.74) is 2.95. The minimum Gasteiger partial charge on any atom is -0.497 e. The molecule has 0 radical (unpaired) electrons. The lowest BCUT2D eigenvalue weighted by molar-refractivity contribution is 0.0745. The zero-order valence-electron chi connectivity index (χ0n) is 25.6. The van der Waals surface area contributed by atoms with Gasteiger partial charge in [0.15, 0.2) is 5.65 Å². The molecule has 220 valence electrons. The van der Waals surface area contributed by atoms with E-state index in [1.54, 1.807) is 7.11 Å². The van der Waals surface area contributed by atoms with Crippen LogP contribution in [0, 0.1) is 0 Å². The third-order valence-corrected chi connectivity index (χ3v) is 7.56. The van der Waals surface area contributed by atoms with E-state index in [2.05, 4.69) is 49.4 Å². The maximum absolute atomic E-state index is 13.6. The number of pyridine rings is 1. The van der Waals surface area contributed by atoms with Crippen molar-refractivity contribution in [2.75, 3.05) is 38.6 Å². The van der Waals surface area contributed by atoms with Crippen molar-refractivity contribution in [3.05, 3.63) is 42.1 Å². The highest BCUT2D eigenvalue weighted by molar-refractivity contribution is 5.94. The number of aromatic nitrogens is 3. The summed E-state index contributed by atoms with van der Waals surface area (Å²) in [6.45, 7) is 15.5. The molecule has 2 heterocycles. The van der Waals surface area contributed by atoms with E-state index in [-0.39, 0.29) is 5.91 Å². The molecule has 0 aliphatic carbocycles. The highest BCUT2D eigenvalue weighted by Crippen LogP contribution is 2.25. The molecule has 0 spiro atoms. The molecule has 8 nitrogen and oxygen atoms in total. The number of anilines is 2. The molecule has 0 bridgehead atoms. The number of aryl methyl sites for hydroxylation is 1. The van der Waals surface area contributed by atoms with E-state index in [1.165, 1.54) is 0 Å². The summed E-state index contributed by atoms with van der Waals surface area (Å²) < 4.78 is 7.46. The molecule has 1 amide bonds. The van der Waals surface area contributed by atoms with Crippen LogP contribution in [0.25, 0.3) is 11.2 Å². The molecule has 1 unspecified atom stereocenters. The molecule has 40 heavy (non-hydrogen) atoms. The maximum atomic E-state index is 13.6. The number of carbonyl (C=O) groups is 1. The first kappa shape index (κ1) is 31.4. The minimum atomic E-state index is 0.00658. The molecular formula is C32H50N6O2. The second kappa shape index (κ2) is 16.2. The molecule has 1 N–H and O–H groups in total. The normalized spacial score (nSPS) is 12.2. The van der Waals surface area contributed by atoms with Gasteiger partial charge in [-0.3, -0.25) is 9.36 Å². The predicted molar refractivity (Wildman–Crippen MR) is 166 cm³/mol. The fourth-order valence-corrected chi connectivity index (χ4v) is 4.94. The van der Waals surface area contributed by atoms with Gasteiger partial charge in [-0.15, -0.1) is 0 Å². The Morgan fingerprint density at radius 3 is 2.20 bits per heavy atom. The summed E-state index contributed by atoms with van der Waals surface area (Å²) in [5, 5.41) is 3.49. The summed E-state index contributed by atoms with van der Waals surface area (Å²) in [4.78, 5) is 27.9. The lowest BCUT2D eigenvalue weighted by atomic mass is 10.2. The number of benzene rings is 1. The summed E-state index contributed by atoms with van der Waals surface area (Å²) in [5.74, 6) is 1.55. The number of ether oxygens (including phenoxy) is 1. The molecule has 0 fully saturated rings. The van der Waals surface area contributed by atoms with Gasteiger partial charge in [-0.1, -0.05) is 40.5 Å². The van der Waals surface area contributed by atoms with Crippen LogP contribution in [0.5, 0.6) is 5.75 Å². The molecular weight excluding hydrogens is 500 g/mol. The number of nitrogens with zero attached hydrogens (tertiary/aromatic N) is 5. The van der Waals surface area contributed by atoms with Crippen molar-refractivity contribution < 1.29 is 9.53 Å². The van der Waals surface area contributed by atoms with Gasteiger partial charge in [-0.05, 0) is 82.0 Å². The van der Waals surface area contributed by atoms with E-state index >= 15 is 0 Å². The van der Waals surface area contributed by atoms with Crippen LogP contribution in [0.2, 0.25) is 0 Å². The third-order valence-electron chi connectivity index (χ3n) is 7.56. The number of unbranched alkanes of at least 4 members (excludes halogenated alkanes) is 2. The minimum absolute atomic E-state index is 0.00658. The zero-order valence-corrected chi connectivity index (χ0v) is 25.6.